The Morgan fingerprint density at radius 3 is 2.44 bits per heavy atom. The summed E-state index contributed by atoms with van der Waals surface area (Å²) in [6, 6.07) is 0. The van der Waals surface area contributed by atoms with Crippen molar-refractivity contribution in [1.29, 1.82) is 0 Å². The van der Waals surface area contributed by atoms with Gasteiger partial charge in [0.15, 0.2) is 14.6 Å². The van der Waals surface area contributed by atoms with Crippen molar-refractivity contribution in [2.75, 3.05) is 0 Å². The molecule has 18 heavy (non-hydrogen) atoms. The zero-order chi connectivity index (χ0) is 14.0. The molecule has 100 valence electrons. The molecule has 0 fully saturated rings. The molecular weight excluding hydrogens is 244 g/mol. The van der Waals surface area contributed by atoms with E-state index in [1.165, 1.54) is 0 Å². The molecule has 3 nitrogen and oxygen atoms in total. The highest BCUT2D eigenvalue weighted by Gasteiger charge is 2.41. The fourth-order valence-corrected chi connectivity index (χ4v) is 2.69. The molecule has 3 atom stereocenters. The summed E-state index contributed by atoms with van der Waals surface area (Å²) in [7, 11) is -1.92. The molecule has 0 saturated carbocycles. The van der Waals surface area contributed by atoms with Crippen molar-refractivity contribution in [2.24, 2.45) is 0 Å². The largest absolute Gasteiger partial charge is 0.407 e. The van der Waals surface area contributed by atoms with Crippen molar-refractivity contribution in [3.63, 3.8) is 0 Å². The predicted octanol–water partition coefficient (Wildman–Crippen LogP) is 2.53. The van der Waals surface area contributed by atoms with Crippen molar-refractivity contribution in [3.05, 3.63) is 12.2 Å². The SMILES string of the molecule is C#CC1C=C[C@@H](O[Si](C)(C)C(C)(C)C)[C@@H](C=O)O1. The molecule has 0 amide bonds. The topological polar surface area (TPSA) is 35.5 Å². The third-order valence-corrected chi connectivity index (χ3v) is 8.11. The minimum absolute atomic E-state index is 0.0945. The summed E-state index contributed by atoms with van der Waals surface area (Å²) in [5.41, 5.74) is 0. The van der Waals surface area contributed by atoms with Gasteiger partial charge >= 0.3 is 0 Å². The Morgan fingerprint density at radius 1 is 1.39 bits per heavy atom. The summed E-state index contributed by atoms with van der Waals surface area (Å²) in [5, 5.41) is 0.0945. The van der Waals surface area contributed by atoms with E-state index in [2.05, 4.69) is 39.8 Å². The summed E-state index contributed by atoms with van der Waals surface area (Å²) in [6.45, 7) is 10.8. The first-order valence-corrected chi connectivity index (χ1v) is 9.05. The van der Waals surface area contributed by atoms with Crippen LogP contribution >= 0.6 is 0 Å². The van der Waals surface area contributed by atoms with Crippen molar-refractivity contribution in [1.82, 2.24) is 0 Å². The molecule has 1 rings (SSSR count). The standard InChI is InChI=1S/C14H22O3Si/c1-7-11-8-9-12(13(10-15)16-11)17-18(5,6)14(2,3)4/h1,8-13H,2-6H3/t11?,12-,13-/m1/s1. The molecule has 0 aliphatic carbocycles. The molecule has 1 aliphatic heterocycles. The van der Waals surface area contributed by atoms with E-state index in [4.69, 9.17) is 15.6 Å². The van der Waals surface area contributed by atoms with Crippen LogP contribution < -0.4 is 0 Å². The van der Waals surface area contributed by atoms with E-state index < -0.39 is 20.5 Å². The molecule has 0 spiro atoms. The Hall–Kier alpha value is -0.893. The molecule has 0 saturated heterocycles. The average Bonchev–Trinajstić information content (AvgIpc) is 2.27. The lowest BCUT2D eigenvalue weighted by Crippen LogP contribution is -2.49. The number of terminal acetylenes is 1. The van der Waals surface area contributed by atoms with Gasteiger partial charge in [-0.1, -0.05) is 32.8 Å². The fraction of sp³-hybridized carbons (Fsp3) is 0.643. The van der Waals surface area contributed by atoms with E-state index in [0.717, 1.165) is 6.29 Å². The van der Waals surface area contributed by atoms with Crippen molar-refractivity contribution >= 4 is 14.6 Å². The molecule has 0 aromatic carbocycles. The first-order chi connectivity index (χ1) is 8.21. The molecule has 0 bridgehead atoms. The maximum atomic E-state index is 11.1. The van der Waals surface area contributed by atoms with Crippen LogP contribution in [0.1, 0.15) is 20.8 Å². The molecule has 0 N–H and O–H groups in total. The first-order valence-electron chi connectivity index (χ1n) is 6.14. The second-order valence-corrected chi connectivity index (χ2v) is 10.8. The maximum absolute atomic E-state index is 11.1. The summed E-state index contributed by atoms with van der Waals surface area (Å²) >= 11 is 0. The monoisotopic (exact) mass is 266 g/mol. The van der Waals surface area contributed by atoms with Gasteiger partial charge in [0.1, 0.15) is 12.2 Å². The van der Waals surface area contributed by atoms with Crippen LogP contribution in [0.25, 0.3) is 0 Å². The number of hydrogen-bond acceptors (Lipinski definition) is 3. The minimum Gasteiger partial charge on any atom is -0.407 e. The molecule has 0 radical (unpaired) electrons. The lowest BCUT2D eigenvalue weighted by atomic mass is 10.1. The Kier molecular flexibility index (Phi) is 4.54. The highest BCUT2D eigenvalue weighted by molar-refractivity contribution is 6.74. The van der Waals surface area contributed by atoms with Gasteiger partial charge in [-0.05, 0) is 24.2 Å². The van der Waals surface area contributed by atoms with Crippen LogP contribution in [-0.4, -0.2) is 32.9 Å². The van der Waals surface area contributed by atoms with Crippen LogP contribution in [0.2, 0.25) is 18.1 Å². The third kappa shape index (κ3) is 3.32. The summed E-state index contributed by atoms with van der Waals surface area (Å²) in [6.07, 6.45) is 8.32. The van der Waals surface area contributed by atoms with Gasteiger partial charge in [-0.2, -0.15) is 0 Å². The number of carbonyl (C=O) groups excluding carboxylic acids is 1. The molecule has 1 heterocycles. The Bertz CT molecular complexity index is 373. The maximum Gasteiger partial charge on any atom is 0.193 e. The van der Waals surface area contributed by atoms with Gasteiger partial charge in [-0.3, -0.25) is 0 Å². The van der Waals surface area contributed by atoms with E-state index in [1.54, 1.807) is 6.08 Å². The van der Waals surface area contributed by atoms with Gasteiger partial charge in [0.25, 0.3) is 0 Å². The molecule has 1 unspecified atom stereocenters. The second kappa shape index (κ2) is 5.39. The highest BCUT2D eigenvalue weighted by Crippen LogP contribution is 2.38. The zero-order valence-electron chi connectivity index (χ0n) is 11.8. The quantitative estimate of drug-likeness (QED) is 0.341. The number of hydrogen-bond donors (Lipinski definition) is 0. The predicted molar refractivity (Wildman–Crippen MR) is 74.8 cm³/mol. The molecule has 0 aromatic heterocycles. The van der Waals surface area contributed by atoms with Gasteiger partial charge in [0, 0.05) is 0 Å². The molecule has 4 heteroatoms. The van der Waals surface area contributed by atoms with Crippen molar-refractivity contribution < 1.29 is 14.0 Å². The normalized spacial score (nSPS) is 28.8. The van der Waals surface area contributed by atoms with Crippen molar-refractivity contribution in [2.45, 2.75) is 57.2 Å². The zero-order valence-corrected chi connectivity index (χ0v) is 12.8. The van der Waals surface area contributed by atoms with Crippen LogP contribution in [0.5, 0.6) is 0 Å². The Morgan fingerprint density at radius 2 is 2.00 bits per heavy atom. The van der Waals surface area contributed by atoms with Gasteiger partial charge in [-0.15, -0.1) is 6.42 Å². The van der Waals surface area contributed by atoms with Crippen LogP contribution in [0, 0.1) is 12.3 Å². The minimum atomic E-state index is -1.92. The number of ether oxygens (including phenoxy) is 1. The van der Waals surface area contributed by atoms with Gasteiger partial charge < -0.3 is 14.0 Å². The van der Waals surface area contributed by atoms with E-state index in [0.29, 0.717) is 0 Å². The average molecular weight is 266 g/mol. The van der Waals surface area contributed by atoms with Crippen molar-refractivity contribution in [3.8, 4) is 12.3 Å². The van der Waals surface area contributed by atoms with Crippen LogP contribution in [-0.2, 0) is 14.0 Å². The summed E-state index contributed by atoms with van der Waals surface area (Å²) in [4.78, 5) is 11.1. The molecular formula is C14H22O3Si. The molecule has 1 aliphatic rings. The van der Waals surface area contributed by atoms with Crippen LogP contribution in [0.15, 0.2) is 12.2 Å². The Labute approximate surface area is 111 Å². The van der Waals surface area contributed by atoms with Gasteiger partial charge in [0.05, 0.1) is 6.10 Å². The second-order valence-electron chi connectivity index (χ2n) is 6.05. The number of carbonyl (C=O) groups is 1. The smallest absolute Gasteiger partial charge is 0.193 e. The van der Waals surface area contributed by atoms with Crippen LogP contribution in [0.3, 0.4) is 0 Å². The lowest BCUT2D eigenvalue weighted by molar-refractivity contribution is -0.125. The van der Waals surface area contributed by atoms with E-state index in [-0.39, 0.29) is 11.1 Å². The number of aldehydes is 1. The van der Waals surface area contributed by atoms with E-state index in [1.807, 2.05) is 6.08 Å². The van der Waals surface area contributed by atoms with Gasteiger partial charge in [0.2, 0.25) is 0 Å². The summed E-state index contributed by atoms with van der Waals surface area (Å²) in [5.74, 6) is 2.47. The third-order valence-electron chi connectivity index (χ3n) is 3.64. The Balaban J connectivity index is 2.84. The highest BCUT2D eigenvalue weighted by atomic mass is 28.4. The van der Waals surface area contributed by atoms with E-state index in [9.17, 15) is 4.79 Å². The van der Waals surface area contributed by atoms with Crippen LogP contribution in [0.4, 0.5) is 0 Å². The summed E-state index contributed by atoms with van der Waals surface area (Å²) < 4.78 is 11.6. The lowest BCUT2D eigenvalue weighted by Gasteiger charge is -2.40. The first kappa shape index (κ1) is 15.2. The molecule has 0 aromatic rings. The van der Waals surface area contributed by atoms with E-state index >= 15 is 0 Å². The number of rotatable bonds is 3. The van der Waals surface area contributed by atoms with Gasteiger partial charge in [-0.25, -0.2) is 0 Å². The fourth-order valence-electron chi connectivity index (χ4n) is 1.44.